The van der Waals surface area contributed by atoms with Crippen molar-refractivity contribution in [3.63, 3.8) is 0 Å². The normalized spacial score (nSPS) is 21.2. The topological polar surface area (TPSA) is 44.3 Å². The molecule has 0 saturated carbocycles. The number of hydrogen-bond acceptors (Lipinski definition) is 2. The first kappa shape index (κ1) is 11.5. The molecule has 80 valence electrons. The number of aliphatic hydroxyl groups is 1. The molecule has 0 aliphatic heterocycles. The molecule has 0 fully saturated rings. The molecule has 3 nitrogen and oxygen atoms in total. The average Bonchev–Trinajstić information content (AvgIpc) is 2.46. The lowest BCUT2D eigenvalue weighted by atomic mass is 10.1. The Hall–Kier alpha value is -0.610. The van der Waals surface area contributed by atoms with Gasteiger partial charge in [-0.1, -0.05) is 11.1 Å². The van der Waals surface area contributed by atoms with Crippen molar-refractivity contribution in [2.24, 2.45) is 0 Å². The lowest BCUT2D eigenvalue weighted by molar-refractivity contribution is 0.300. The van der Waals surface area contributed by atoms with Gasteiger partial charge in [-0.15, -0.1) is 0 Å². The predicted molar refractivity (Wildman–Crippen MR) is 62.2 cm³/mol. The Morgan fingerprint density at radius 1 is 1.57 bits per heavy atom. The van der Waals surface area contributed by atoms with Crippen molar-refractivity contribution < 1.29 is 5.11 Å². The van der Waals surface area contributed by atoms with E-state index in [-0.39, 0.29) is 6.61 Å². The molecular weight excluding hydrogens is 196 g/mol. The largest absolute Gasteiger partial charge is 0.395 e. The molecule has 0 bridgehead atoms. The number of thiocarbonyl (C=S) groups is 1. The Bertz CT molecular complexity index is 251. The second kappa shape index (κ2) is 5.32. The maximum absolute atomic E-state index is 8.61. The van der Waals surface area contributed by atoms with Crippen LogP contribution in [0.15, 0.2) is 11.1 Å². The SMILES string of the molecule is CC1=C(C)C(NC(=S)NCCO)CC1. The molecule has 3 N–H and O–H groups in total. The third-order valence-corrected chi connectivity index (χ3v) is 2.97. The molecule has 0 radical (unpaired) electrons. The lowest BCUT2D eigenvalue weighted by Gasteiger charge is -2.17. The summed E-state index contributed by atoms with van der Waals surface area (Å²) in [6.07, 6.45) is 2.28. The maximum atomic E-state index is 8.61. The van der Waals surface area contributed by atoms with Crippen LogP contribution in [-0.4, -0.2) is 29.4 Å². The second-order valence-electron chi connectivity index (χ2n) is 3.68. The summed E-state index contributed by atoms with van der Waals surface area (Å²) in [6.45, 7) is 4.94. The van der Waals surface area contributed by atoms with Crippen LogP contribution in [0.4, 0.5) is 0 Å². The van der Waals surface area contributed by atoms with Gasteiger partial charge in [-0.05, 0) is 38.9 Å². The number of hydrogen-bond donors (Lipinski definition) is 3. The minimum Gasteiger partial charge on any atom is -0.395 e. The van der Waals surface area contributed by atoms with Crippen LogP contribution in [-0.2, 0) is 0 Å². The molecule has 0 saturated heterocycles. The van der Waals surface area contributed by atoms with Gasteiger partial charge in [0.05, 0.1) is 6.61 Å². The molecule has 0 amide bonds. The fourth-order valence-corrected chi connectivity index (χ4v) is 1.88. The number of aliphatic hydroxyl groups excluding tert-OH is 1. The summed E-state index contributed by atoms with van der Waals surface area (Å²) in [7, 11) is 0. The van der Waals surface area contributed by atoms with Crippen LogP contribution in [0.5, 0.6) is 0 Å². The highest BCUT2D eigenvalue weighted by Gasteiger charge is 2.19. The Morgan fingerprint density at radius 2 is 2.29 bits per heavy atom. The van der Waals surface area contributed by atoms with E-state index >= 15 is 0 Å². The van der Waals surface area contributed by atoms with Crippen molar-refractivity contribution in [3.05, 3.63) is 11.1 Å². The Morgan fingerprint density at radius 3 is 2.79 bits per heavy atom. The van der Waals surface area contributed by atoms with E-state index in [1.54, 1.807) is 0 Å². The van der Waals surface area contributed by atoms with Gasteiger partial charge in [0.15, 0.2) is 5.11 Å². The van der Waals surface area contributed by atoms with Crippen LogP contribution in [0.25, 0.3) is 0 Å². The Balaban J connectivity index is 2.35. The van der Waals surface area contributed by atoms with Gasteiger partial charge >= 0.3 is 0 Å². The van der Waals surface area contributed by atoms with Crippen LogP contribution in [0, 0.1) is 0 Å². The summed E-state index contributed by atoms with van der Waals surface area (Å²) in [4.78, 5) is 0. The summed E-state index contributed by atoms with van der Waals surface area (Å²) >= 11 is 5.09. The highest BCUT2D eigenvalue weighted by molar-refractivity contribution is 7.80. The summed E-state index contributed by atoms with van der Waals surface area (Å²) in [5, 5.41) is 15.4. The highest BCUT2D eigenvalue weighted by Crippen LogP contribution is 2.25. The lowest BCUT2D eigenvalue weighted by Crippen LogP contribution is -2.42. The first-order valence-electron chi connectivity index (χ1n) is 4.96. The molecular formula is C10H18N2OS. The second-order valence-corrected chi connectivity index (χ2v) is 4.09. The van der Waals surface area contributed by atoms with E-state index in [1.165, 1.54) is 11.1 Å². The standard InChI is InChI=1S/C10H18N2OS/c1-7-3-4-9(8(7)2)12-10(14)11-5-6-13/h9,13H,3-6H2,1-2H3,(H2,11,12,14). The number of rotatable bonds is 3. The van der Waals surface area contributed by atoms with Crippen LogP contribution in [0.3, 0.4) is 0 Å². The molecule has 1 rings (SSSR count). The molecule has 1 aliphatic carbocycles. The first-order valence-corrected chi connectivity index (χ1v) is 5.37. The fraction of sp³-hybridized carbons (Fsp3) is 0.700. The average molecular weight is 214 g/mol. The fourth-order valence-electron chi connectivity index (χ4n) is 1.63. The third kappa shape index (κ3) is 2.96. The van der Waals surface area contributed by atoms with E-state index in [4.69, 9.17) is 17.3 Å². The predicted octanol–water partition coefficient (Wildman–Crippen LogP) is 0.942. The molecule has 0 aromatic carbocycles. The zero-order valence-electron chi connectivity index (χ0n) is 8.76. The van der Waals surface area contributed by atoms with Crippen molar-refractivity contribution in [1.82, 2.24) is 10.6 Å². The van der Waals surface area contributed by atoms with E-state index in [0.717, 1.165) is 12.8 Å². The van der Waals surface area contributed by atoms with E-state index in [1.807, 2.05) is 0 Å². The molecule has 1 aliphatic rings. The van der Waals surface area contributed by atoms with Crippen molar-refractivity contribution in [2.75, 3.05) is 13.2 Å². The van der Waals surface area contributed by atoms with E-state index in [9.17, 15) is 0 Å². The Kier molecular flexibility index (Phi) is 4.35. The van der Waals surface area contributed by atoms with Crippen LogP contribution in [0.1, 0.15) is 26.7 Å². The zero-order chi connectivity index (χ0) is 10.6. The summed E-state index contributed by atoms with van der Waals surface area (Å²) < 4.78 is 0. The van der Waals surface area contributed by atoms with Gasteiger partial charge in [0.2, 0.25) is 0 Å². The summed E-state index contributed by atoms with van der Waals surface area (Å²) in [5.41, 5.74) is 2.87. The van der Waals surface area contributed by atoms with Crippen LogP contribution < -0.4 is 10.6 Å². The summed E-state index contributed by atoms with van der Waals surface area (Å²) in [5.74, 6) is 0. The maximum Gasteiger partial charge on any atom is 0.166 e. The van der Waals surface area contributed by atoms with Crippen LogP contribution >= 0.6 is 12.2 Å². The van der Waals surface area contributed by atoms with Crippen molar-refractivity contribution in [3.8, 4) is 0 Å². The van der Waals surface area contributed by atoms with Crippen LogP contribution in [0.2, 0.25) is 0 Å². The van der Waals surface area contributed by atoms with Gasteiger partial charge in [0.1, 0.15) is 0 Å². The molecule has 1 atom stereocenters. The van der Waals surface area contributed by atoms with Crippen molar-refractivity contribution in [2.45, 2.75) is 32.7 Å². The molecule has 0 aromatic rings. The van der Waals surface area contributed by atoms with Crippen molar-refractivity contribution in [1.29, 1.82) is 0 Å². The number of allylic oxidation sites excluding steroid dienone is 1. The van der Waals surface area contributed by atoms with Gasteiger partial charge in [-0.3, -0.25) is 0 Å². The van der Waals surface area contributed by atoms with Gasteiger partial charge in [0, 0.05) is 12.6 Å². The molecule has 0 aromatic heterocycles. The molecule has 0 spiro atoms. The third-order valence-electron chi connectivity index (χ3n) is 2.71. The minimum absolute atomic E-state index is 0.111. The monoisotopic (exact) mass is 214 g/mol. The zero-order valence-corrected chi connectivity index (χ0v) is 9.58. The van der Waals surface area contributed by atoms with Gasteiger partial charge in [-0.2, -0.15) is 0 Å². The van der Waals surface area contributed by atoms with Gasteiger partial charge < -0.3 is 15.7 Å². The first-order chi connectivity index (χ1) is 6.65. The minimum atomic E-state index is 0.111. The summed E-state index contributed by atoms with van der Waals surface area (Å²) in [6, 6.07) is 0.383. The highest BCUT2D eigenvalue weighted by atomic mass is 32.1. The van der Waals surface area contributed by atoms with Gasteiger partial charge in [0.25, 0.3) is 0 Å². The quantitative estimate of drug-likeness (QED) is 0.483. The molecule has 1 unspecified atom stereocenters. The van der Waals surface area contributed by atoms with E-state index < -0.39 is 0 Å². The van der Waals surface area contributed by atoms with Crippen molar-refractivity contribution >= 4 is 17.3 Å². The Labute approximate surface area is 90.6 Å². The molecule has 14 heavy (non-hydrogen) atoms. The van der Waals surface area contributed by atoms with E-state index in [2.05, 4.69) is 24.5 Å². The molecule has 4 heteroatoms. The number of nitrogens with one attached hydrogen (secondary N) is 2. The van der Waals surface area contributed by atoms with Gasteiger partial charge in [-0.25, -0.2) is 0 Å². The van der Waals surface area contributed by atoms with E-state index in [0.29, 0.717) is 17.7 Å². The smallest absolute Gasteiger partial charge is 0.166 e. The molecule has 0 heterocycles.